The number of rotatable bonds is 7. The summed E-state index contributed by atoms with van der Waals surface area (Å²) in [5.41, 5.74) is 4.03. The van der Waals surface area contributed by atoms with E-state index in [2.05, 4.69) is 21.7 Å². The molecule has 4 heteroatoms. The van der Waals surface area contributed by atoms with Crippen molar-refractivity contribution in [2.24, 2.45) is 0 Å². The topological polar surface area (TPSA) is 54.0 Å². The number of anilines is 1. The Morgan fingerprint density at radius 2 is 2.00 bits per heavy atom. The van der Waals surface area contributed by atoms with E-state index in [0.717, 1.165) is 24.2 Å². The maximum atomic E-state index is 12.4. The number of benzene rings is 1. The lowest BCUT2D eigenvalue weighted by Crippen LogP contribution is -2.27. The summed E-state index contributed by atoms with van der Waals surface area (Å²) >= 11 is 0. The third kappa shape index (κ3) is 5.19. The molecule has 1 atom stereocenters. The number of hydrogen-bond donors (Lipinski definition) is 2. The highest BCUT2D eigenvalue weighted by molar-refractivity contribution is 5.92. The molecule has 1 heterocycles. The van der Waals surface area contributed by atoms with Gasteiger partial charge in [0.2, 0.25) is 0 Å². The predicted molar refractivity (Wildman–Crippen MR) is 106 cm³/mol. The maximum Gasteiger partial charge on any atom is 0.270 e. The fourth-order valence-electron chi connectivity index (χ4n) is 3.23. The third-order valence-electron chi connectivity index (χ3n) is 4.80. The molecule has 1 amide bonds. The summed E-state index contributed by atoms with van der Waals surface area (Å²) in [4.78, 5) is 16.7. The number of nitrogens with one attached hydrogen (secondary N) is 2. The van der Waals surface area contributed by atoms with Crippen molar-refractivity contribution in [2.45, 2.75) is 45.1 Å². The number of aromatic nitrogens is 1. The van der Waals surface area contributed by atoms with Gasteiger partial charge >= 0.3 is 0 Å². The van der Waals surface area contributed by atoms with Crippen LogP contribution in [0.5, 0.6) is 0 Å². The van der Waals surface area contributed by atoms with Crippen molar-refractivity contribution in [3.8, 4) is 0 Å². The fraction of sp³-hybridized carbons (Fsp3) is 0.364. The fourth-order valence-corrected chi connectivity index (χ4v) is 3.23. The van der Waals surface area contributed by atoms with E-state index in [1.807, 2.05) is 43.3 Å². The van der Waals surface area contributed by atoms with Crippen molar-refractivity contribution >= 4 is 11.6 Å². The van der Waals surface area contributed by atoms with E-state index >= 15 is 0 Å². The summed E-state index contributed by atoms with van der Waals surface area (Å²) < 4.78 is 0. The Labute approximate surface area is 155 Å². The van der Waals surface area contributed by atoms with Crippen LogP contribution in [0.15, 0.2) is 60.3 Å². The van der Waals surface area contributed by atoms with Crippen molar-refractivity contribution < 1.29 is 4.79 Å². The van der Waals surface area contributed by atoms with Crippen molar-refractivity contribution in [2.75, 3.05) is 11.9 Å². The molecule has 1 aromatic carbocycles. The number of carbonyl (C=O) groups is 1. The molecule has 2 aromatic rings. The van der Waals surface area contributed by atoms with Gasteiger partial charge in [0.25, 0.3) is 5.91 Å². The highest BCUT2D eigenvalue weighted by Crippen LogP contribution is 2.20. The molecule has 0 spiro atoms. The van der Waals surface area contributed by atoms with E-state index in [0.29, 0.717) is 5.69 Å². The van der Waals surface area contributed by atoms with E-state index in [9.17, 15) is 4.79 Å². The van der Waals surface area contributed by atoms with Gasteiger partial charge in [0.05, 0.1) is 17.9 Å². The van der Waals surface area contributed by atoms with Gasteiger partial charge in [0.1, 0.15) is 5.69 Å². The molecule has 1 unspecified atom stereocenters. The largest absolute Gasteiger partial charge is 0.383 e. The Kier molecular flexibility index (Phi) is 6.42. The molecule has 1 aliphatic rings. The lowest BCUT2D eigenvalue weighted by atomic mass is 9.97. The Morgan fingerprint density at radius 1 is 1.15 bits per heavy atom. The minimum Gasteiger partial charge on any atom is -0.383 e. The van der Waals surface area contributed by atoms with Crippen LogP contribution in [0.2, 0.25) is 0 Å². The van der Waals surface area contributed by atoms with Gasteiger partial charge in [-0.05, 0) is 56.7 Å². The number of pyridine rings is 1. The molecule has 0 bridgehead atoms. The first-order valence-electron chi connectivity index (χ1n) is 9.46. The minimum absolute atomic E-state index is 0.0490. The average Bonchev–Trinajstić information content (AvgIpc) is 2.70. The van der Waals surface area contributed by atoms with E-state index in [1.165, 1.54) is 25.7 Å². The summed E-state index contributed by atoms with van der Waals surface area (Å²) in [5, 5.41) is 6.38. The summed E-state index contributed by atoms with van der Waals surface area (Å²) in [6.07, 6.45) is 10.3. The van der Waals surface area contributed by atoms with Crippen LogP contribution in [0.3, 0.4) is 0 Å². The smallest absolute Gasteiger partial charge is 0.270 e. The van der Waals surface area contributed by atoms with E-state index in [1.54, 1.807) is 17.8 Å². The number of hydrogen-bond acceptors (Lipinski definition) is 3. The molecule has 3 rings (SSSR count). The molecule has 26 heavy (non-hydrogen) atoms. The molecule has 0 saturated carbocycles. The molecule has 0 fully saturated rings. The molecular formula is C22H27N3O. The monoisotopic (exact) mass is 349 g/mol. The summed E-state index contributed by atoms with van der Waals surface area (Å²) in [6, 6.07) is 13.6. The SMILES string of the molecule is CC(NC(=O)c1ccc(NCCC2=CCCCC2)cn1)c1ccccc1. The maximum absolute atomic E-state index is 12.4. The van der Waals surface area contributed by atoms with E-state index in [4.69, 9.17) is 0 Å². The first-order chi connectivity index (χ1) is 12.7. The van der Waals surface area contributed by atoms with Crippen molar-refractivity contribution in [3.05, 3.63) is 71.6 Å². The highest BCUT2D eigenvalue weighted by Gasteiger charge is 2.12. The molecule has 0 saturated heterocycles. The zero-order valence-corrected chi connectivity index (χ0v) is 15.4. The number of allylic oxidation sites excluding steroid dienone is 1. The lowest BCUT2D eigenvalue weighted by Gasteiger charge is -2.15. The molecule has 1 aliphatic carbocycles. The van der Waals surface area contributed by atoms with Crippen LogP contribution in [0.25, 0.3) is 0 Å². The molecule has 0 radical (unpaired) electrons. The van der Waals surface area contributed by atoms with Gasteiger partial charge in [-0.15, -0.1) is 0 Å². The van der Waals surface area contributed by atoms with Crippen LogP contribution in [0.1, 0.15) is 61.1 Å². The standard InChI is InChI=1S/C22H27N3O/c1-17(19-10-6-3-7-11-19)25-22(26)21-13-12-20(16-24-21)23-15-14-18-8-4-2-5-9-18/h3,6-8,10-13,16-17,23H,2,4-5,9,14-15H2,1H3,(H,25,26). The number of amides is 1. The van der Waals surface area contributed by atoms with Crippen molar-refractivity contribution in [3.63, 3.8) is 0 Å². The van der Waals surface area contributed by atoms with Crippen LogP contribution >= 0.6 is 0 Å². The van der Waals surface area contributed by atoms with Gasteiger partial charge in [-0.25, -0.2) is 4.98 Å². The van der Waals surface area contributed by atoms with Gasteiger partial charge < -0.3 is 10.6 Å². The third-order valence-corrected chi connectivity index (χ3v) is 4.80. The highest BCUT2D eigenvalue weighted by atomic mass is 16.1. The molecule has 2 N–H and O–H groups in total. The minimum atomic E-state index is -0.153. The lowest BCUT2D eigenvalue weighted by molar-refractivity contribution is 0.0935. The van der Waals surface area contributed by atoms with Gasteiger partial charge in [0, 0.05) is 6.54 Å². The van der Waals surface area contributed by atoms with Crippen LogP contribution in [-0.4, -0.2) is 17.4 Å². The Balaban J connectivity index is 1.48. The van der Waals surface area contributed by atoms with Crippen LogP contribution in [0.4, 0.5) is 5.69 Å². The zero-order valence-electron chi connectivity index (χ0n) is 15.4. The molecule has 1 aromatic heterocycles. The number of carbonyl (C=O) groups excluding carboxylic acids is 1. The quantitative estimate of drug-likeness (QED) is 0.701. The summed E-state index contributed by atoms with van der Waals surface area (Å²) in [6.45, 7) is 2.88. The van der Waals surface area contributed by atoms with E-state index in [-0.39, 0.29) is 11.9 Å². The summed E-state index contributed by atoms with van der Waals surface area (Å²) in [7, 11) is 0. The van der Waals surface area contributed by atoms with Gasteiger partial charge in [0.15, 0.2) is 0 Å². The first kappa shape index (κ1) is 18.2. The van der Waals surface area contributed by atoms with Gasteiger partial charge in [-0.1, -0.05) is 42.0 Å². The molecular weight excluding hydrogens is 322 g/mol. The molecule has 4 nitrogen and oxygen atoms in total. The van der Waals surface area contributed by atoms with Crippen molar-refractivity contribution in [1.82, 2.24) is 10.3 Å². The average molecular weight is 349 g/mol. The second-order valence-electron chi connectivity index (χ2n) is 6.82. The summed E-state index contributed by atoms with van der Waals surface area (Å²) in [5.74, 6) is -0.153. The van der Waals surface area contributed by atoms with Gasteiger partial charge in [-0.2, -0.15) is 0 Å². The normalized spacial score (nSPS) is 15.0. The molecule has 0 aliphatic heterocycles. The van der Waals surface area contributed by atoms with Crippen LogP contribution in [-0.2, 0) is 0 Å². The van der Waals surface area contributed by atoms with Crippen molar-refractivity contribution in [1.29, 1.82) is 0 Å². The number of nitrogens with zero attached hydrogens (tertiary/aromatic N) is 1. The second kappa shape index (κ2) is 9.18. The van der Waals surface area contributed by atoms with E-state index < -0.39 is 0 Å². The Hall–Kier alpha value is -2.62. The van der Waals surface area contributed by atoms with Gasteiger partial charge in [-0.3, -0.25) is 4.79 Å². The Bertz CT molecular complexity index is 738. The van der Waals surface area contributed by atoms with Crippen LogP contribution < -0.4 is 10.6 Å². The van der Waals surface area contributed by atoms with Crippen LogP contribution in [0, 0.1) is 0 Å². The zero-order chi connectivity index (χ0) is 18.2. The second-order valence-corrected chi connectivity index (χ2v) is 6.82. The first-order valence-corrected chi connectivity index (χ1v) is 9.46. The Morgan fingerprint density at radius 3 is 2.69 bits per heavy atom. The molecule has 136 valence electrons. The predicted octanol–water partition coefficient (Wildman–Crippen LogP) is 4.88.